The maximum atomic E-state index is 12.1. The van der Waals surface area contributed by atoms with E-state index in [4.69, 9.17) is 0 Å². The first kappa shape index (κ1) is 12.7. The zero-order chi connectivity index (χ0) is 11.1. The molecular weight excluding hydrogens is 184 g/mol. The van der Waals surface area contributed by atoms with Gasteiger partial charge in [0.25, 0.3) is 0 Å². The number of hydrogen-bond donors (Lipinski definition) is 0. The Morgan fingerprint density at radius 1 is 1.00 bits per heavy atom. The van der Waals surface area contributed by atoms with Gasteiger partial charge in [0.1, 0.15) is 5.78 Å². The summed E-state index contributed by atoms with van der Waals surface area (Å²) < 4.78 is 0. The van der Waals surface area contributed by atoms with E-state index in [9.17, 15) is 4.79 Å². The predicted molar refractivity (Wildman–Crippen MR) is 64.9 cm³/mol. The van der Waals surface area contributed by atoms with Crippen LogP contribution in [0.25, 0.3) is 0 Å². The summed E-state index contributed by atoms with van der Waals surface area (Å²) in [6.07, 6.45) is 10.8. The van der Waals surface area contributed by atoms with Gasteiger partial charge in [-0.3, -0.25) is 4.79 Å². The predicted octanol–water partition coefficient (Wildman–Crippen LogP) is 4.35. The van der Waals surface area contributed by atoms with Crippen LogP contribution < -0.4 is 0 Å². The Morgan fingerprint density at radius 2 is 1.47 bits per heavy atom. The highest BCUT2D eigenvalue weighted by atomic mass is 16.1. The van der Waals surface area contributed by atoms with Crippen molar-refractivity contribution in [3.05, 3.63) is 0 Å². The van der Waals surface area contributed by atoms with Crippen LogP contribution in [-0.4, -0.2) is 5.78 Å². The van der Waals surface area contributed by atoms with Gasteiger partial charge >= 0.3 is 0 Å². The van der Waals surface area contributed by atoms with E-state index in [1.165, 1.54) is 44.9 Å². The number of rotatable bonds is 6. The van der Waals surface area contributed by atoms with Crippen LogP contribution in [0.1, 0.15) is 71.6 Å². The topological polar surface area (TPSA) is 17.1 Å². The molecule has 1 nitrogen and oxygen atoms in total. The van der Waals surface area contributed by atoms with Crippen molar-refractivity contribution in [1.82, 2.24) is 0 Å². The smallest absolute Gasteiger partial charge is 0.139 e. The molecule has 1 aliphatic carbocycles. The molecule has 0 bridgehead atoms. The normalized spacial score (nSPS) is 26.9. The molecule has 88 valence electrons. The minimum absolute atomic E-state index is 0.417. The van der Waals surface area contributed by atoms with Crippen molar-refractivity contribution >= 4 is 5.78 Å². The van der Waals surface area contributed by atoms with E-state index in [-0.39, 0.29) is 0 Å². The number of hydrogen-bond acceptors (Lipinski definition) is 1. The molecule has 1 saturated carbocycles. The third-order valence-corrected chi connectivity index (χ3v) is 3.72. The molecule has 0 radical (unpaired) electrons. The van der Waals surface area contributed by atoms with E-state index in [2.05, 4.69) is 13.8 Å². The van der Waals surface area contributed by atoms with Crippen molar-refractivity contribution < 1.29 is 4.79 Å². The van der Waals surface area contributed by atoms with Gasteiger partial charge in [0.05, 0.1) is 0 Å². The number of carbonyl (C=O) groups is 1. The monoisotopic (exact) mass is 210 g/mol. The highest BCUT2D eigenvalue weighted by Gasteiger charge is 2.29. The third kappa shape index (κ3) is 3.96. The minimum Gasteiger partial charge on any atom is -0.299 e. The molecule has 2 atom stereocenters. The van der Waals surface area contributed by atoms with Crippen molar-refractivity contribution in [2.75, 3.05) is 0 Å². The van der Waals surface area contributed by atoms with Crippen molar-refractivity contribution in [1.29, 1.82) is 0 Å². The summed E-state index contributed by atoms with van der Waals surface area (Å²) in [4.78, 5) is 12.1. The highest BCUT2D eigenvalue weighted by Crippen LogP contribution is 2.31. The molecule has 0 aromatic carbocycles. The van der Waals surface area contributed by atoms with E-state index < -0.39 is 0 Å². The maximum Gasteiger partial charge on any atom is 0.139 e. The molecule has 1 fully saturated rings. The van der Waals surface area contributed by atoms with Crippen LogP contribution in [-0.2, 0) is 4.79 Å². The summed E-state index contributed by atoms with van der Waals surface area (Å²) in [6.45, 7) is 4.42. The number of carbonyl (C=O) groups excluding carboxylic acids is 1. The first-order valence-electron chi connectivity index (χ1n) is 6.83. The summed E-state index contributed by atoms with van der Waals surface area (Å²) >= 11 is 0. The largest absolute Gasteiger partial charge is 0.299 e. The molecule has 1 rings (SSSR count). The highest BCUT2D eigenvalue weighted by molar-refractivity contribution is 5.84. The van der Waals surface area contributed by atoms with Crippen LogP contribution in [0.15, 0.2) is 0 Å². The fourth-order valence-electron chi connectivity index (χ4n) is 2.70. The van der Waals surface area contributed by atoms with Gasteiger partial charge in [-0.1, -0.05) is 46.0 Å². The van der Waals surface area contributed by atoms with Crippen molar-refractivity contribution in [2.45, 2.75) is 71.6 Å². The van der Waals surface area contributed by atoms with Gasteiger partial charge in [-0.05, 0) is 25.7 Å². The molecule has 0 spiro atoms. The molecule has 0 heterocycles. The van der Waals surface area contributed by atoms with Crippen molar-refractivity contribution in [2.24, 2.45) is 11.8 Å². The molecule has 0 aromatic heterocycles. The SMILES string of the molecule is CCCC[C@@H]1CCC[C@H](CCCC)C1=O. The number of Topliss-reactive ketones (excluding diaryl/α,β-unsaturated/α-hetero) is 1. The van der Waals surface area contributed by atoms with Crippen LogP contribution in [0.5, 0.6) is 0 Å². The molecule has 0 aliphatic heterocycles. The van der Waals surface area contributed by atoms with Gasteiger partial charge in [-0.25, -0.2) is 0 Å². The number of unbranched alkanes of at least 4 members (excludes halogenated alkanes) is 2. The van der Waals surface area contributed by atoms with Crippen molar-refractivity contribution in [3.63, 3.8) is 0 Å². The third-order valence-electron chi connectivity index (χ3n) is 3.72. The first-order valence-corrected chi connectivity index (χ1v) is 6.83. The van der Waals surface area contributed by atoms with Crippen LogP contribution >= 0.6 is 0 Å². The van der Waals surface area contributed by atoms with E-state index >= 15 is 0 Å². The second-order valence-corrected chi connectivity index (χ2v) is 5.01. The van der Waals surface area contributed by atoms with E-state index in [0.717, 1.165) is 12.8 Å². The number of ketones is 1. The lowest BCUT2D eigenvalue weighted by atomic mass is 9.76. The molecule has 0 aromatic rings. The summed E-state index contributed by atoms with van der Waals surface area (Å²) in [5.41, 5.74) is 0. The molecule has 0 N–H and O–H groups in total. The maximum absolute atomic E-state index is 12.1. The fraction of sp³-hybridized carbons (Fsp3) is 0.929. The average Bonchev–Trinajstić information content (AvgIpc) is 2.26. The van der Waals surface area contributed by atoms with Crippen LogP contribution in [0, 0.1) is 11.8 Å². The lowest BCUT2D eigenvalue weighted by Crippen LogP contribution is -2.28. The van der Waals surface area contributed by atoms with Gasteiger partial charge in [-0.2, -0.15) is 0 Å². The molecule has 0 unspecified atom stereocenters. The summed E-state index contributed by atoms with van der Waals surface area (Å²) in [6, 6.07) is 0. The van der Waals surface area contributed by atoms with Gasteiger partial charge in [0, 0.05) is 11.8 Å². The summed E-state index contributed by atoms with van der Waals surface area (Å²) in [5.74, 6) is 1.43. The van der Waals surface area contributed by atoms with E-state index in [1.54, 1.807) is 0 Å². The molecular formula is C14H26O. The Bertz CT molecular complexity index is 168. The first-order chi connectivity index (χ1) is 7.29. The van der Waals surface area contributed by atoms with Gasteiger partial charge in [0.2, 0.25) is 0 Å². The van der Waals surface area contributed by atoms with Crippen molar-refractivity contribution in [3.8, 4) is 0 Å². The van der Waals surface area contributed by atoms with E-state index in [0.29, 0.717) is 17.6 Å². The van der Waals surface area contributed by atoms with Crippen LogP contribution in [0.4, 0.5) is 0 Å². The minimum atomic E-state index is 0.417. The molecule has 1 heteroatoms. The van der Waals surface area contributed by atoms with Crippen LogP contribution in [0.2, 0.25) is 0 Å². The molecule has 1 aliphatic rings. The average molecular weight is 210 g/mol. The quantitative estimate of drug-likeness (QED) is 0.637. The Balaban J connectivity index is 2.36. The Labute approximate surface area is 94.6 Å². The second-order valence-electron chi connectivity index (χ2n) is 5.01. The zero-order valence-electron chi connectivity index (χ0n) is 10.4. The van der Waals surface area contributed by atoms with Gasteiger partial charge in [0.15, 0.2) is 0 Å². The summed E-state index contributed by atoms with van der Waals surface area (Å²) in [7, 11) is 0. The lowest BCUT2D eigenvalue weighted by molar-refractivity contribution is -0.129. The Hall–Kier alpha value is -0.330. The standard InChI is InChI=1S/C14H26O/c1-3-5-8-12-10-7-11-13(14(12)15)9-6-4-2/h12-13H,3-11H2,1-2H3/t12-,13+. The van der Waals surface area contributed by atoms with E-state index in [1.807, 2.05) is 0 Å². The molecule has 15 heavy (non-hydrogen) atoms. The zero-order valence-corrected chi connectivity index (χ0v) is 10.4. The Morgan fingerprint density at radius 3 is 1.87 bits per heavy atom. The Kier molecular flexibility index (Phi) is 5.97. The fourth-order valence-corrected chi connectivity index (χ4v) is 2.70. The molecule has 0 saturated heterocycles. The summed E-state index contributed by atoms with van der Waals surface area (Å²) in [5, 5.41) is 0. The molecule has 0 amide bonds. The van der Waals surface area contributed by atoms with Gasteiger partial charge < -0.3 is 0 Å². The van der Waals surface area contributed by atoms with Crippen LogP contribution in [0.3, 0.4) is 0 Å². The van der Waals surface area contributed by atoms with Gasteiger partial charge in [-0.15, -0.1) is 0 Å². The lowest BCUT2D eigenvalue weighted by Gasteiger charge is -2.27. The second kappa shape index (κ2) is 7.03.